The lowest BCUT2D eigenvalue weighted by molar-refractivity contribution is -0.142. The highest BCUT2D eigenvalue weighted by Gasteiger charge is 2.16. The summed E-state index contributed by atoms with van der Waals surface area (Å²) in [5.74, 6) is -1.87. The fourth-order valence-electron chi connectivity index (χ4n) is 1.10. The molecule has 1 heterocycles. The van der Waals surface area contributed by atoms with Gasteiger partial charge in [-0.25, -0.2) is 4.79 Å². The van der Waals surface area contributed by atoms with Crippen molar-refractivity contribution in [3.05, 3.63) is 24.0 Å². The minimum atomic E-state index is -1.29. The van der Waals surface area contributed by atoms with Crippen molar-refractivity contribution >= 4 is 18.0 Å². The molecule has 0 aromatic carbocycles. The average molecular weight is 239 g/mol. The molecule has 1 aromatic rings. The van der Waals surface area contributed by atoms with Gasteiger partial charge in [-0.2, -0.15) is 5.10 Å². The Kier molecular flexibility index (Phi) is 4.41. The minimum Gasteiger partial charge on any atom is -0.480 e. The molecule has 0 saturated heterocycles. The van der Waals surface area contributed by atoms with Gasteiger partial charge in [0, 0.05) is 24.9 Å². The summed E-state index contributed by atoms with van der Waals surface area (Å²) >= 11 is 0. The van der Waals surface area contributed by atoms with E-state index >= 15 is 0 Å². The molecule has 0 aliphatic rings. The average Bonchev–Trinajstić information content (AvgIpc) is 2.68. The summed E-state index contributed by atoms with van der Waals surface area (Å²) in [5.41, 5.74) is 0.721. The number of aliphatic hydroxyl groups excluding tert-OH is 1. The second kappa shape index (κ2) is 5.80. The zero-order chi connectivity index (χ0) is 12.8. The molecule has 3 N–H and O–H groups in total. The maximum absolute atomic E-state index is 11.3. The van der Waals surface area contributed by atoms with Crippen LogP contribution in [0.4, 0.5) is 0 Å². The number of amides is 1. The molecule has 0 radical (unpaired) electrons. The van der Waals surface area contributed by atoms with E-state index in [4.69, 9.17) is 10.2 Å². The Morgan fingerprint density at radius 3 is 2.82 bits per heavy atom. The van der Waals surface area contributed by atoms with Gasteiger partial charge in [-0.3, -0.25) is 9.48 Å². The first-order chi connectivity index (χ1) is 8.02. The minimum absolute atomic E-state index is 0.588. The van der Waals surface area contributed by atoms with E-state index in [-0.39, 0.29) is 0 Å². The Hall–Kier alpha value is -2.15. The number of aliphatic hydroxyl groups is 1. The number of aliphatic carboxylic acids is 1. The summed E-state index contributed by atoms with van der Waals surface area (Å²) in [4.78, 5) is 21.8. The number of hydrogen-bond donors (Lipinski definition) is 3. The molecule has 0 aliphatic carbocycles. The van der Waals surface area contributed by atoms with Crippen LogP contribution in [0.1, 0.15) is 5.56 Å². The zero-order valence-corrected chi connectivity index (χ0v) is 9.20. The number of carboxylic acids is 1. The Morgan fingerprint density at radius 2 is 2.35 bits per heavy atom. The standard InChI is InChI=1S/C10H13N3O4/c1-13-5-7(4-11-13)2-3-9(15)12-8(6-14)10(16)17/h2-5,8,14H,6H2,1H3,(H,12,15)(H,16,17)/b3-2+/t8-/m0/s1. The molecule has 7 nitrogen and oxygen atoms in total. The number of rotatable bonds is 5. The number of carbonyl (C=O) groups is 2. The van der Waals surface area contributed by atoms with Crippen molar-refractivity contribution < 1.29 is 19.8 Å². The fraction of sp³-hybridized carbons (Fsp3) is 0.300. The molecule has 0 aliphatic heterocycles. The van der Waals surface area contributed by atoms with Crippen LogP contribution in [0, 0.1) is 0 Å². The van der Waals surface area contributed by atoms with Gasteiger partial charge in [-0.05, 0) is 6.08 Å². The summed E-state index contributed by atoms with van der Waals surface area (Å²) in [6.45, 7) is -0.651. The number of nitrogens with zero attached hydrogens (tertiary/aromatic N) is 2. The van der Waals surface area contributed by atoms with Crippen LogP contribution in [0.5, 0.6) is 0 Å². The molecular formula is C10H13N3O4. The molecule has 0 fully saturated rings. The van der Waals surface area contributed by atoms with Gasteiger partial charge in [0.25, 0.3) is 0 Å². The lowest BCUT2D eigenvalue weighted by Gasteiger charge is -2.08. The van der Waals surface area contributed by atoms with Crippen LogP contribution in [0.15, 0.2) is 18.5 Å². The van der Waals surface area contributed by atoms with Crippen LogP contribution in [0.25, 0.3) is 6.08 Å². The first-order valence-corrected chi connectivity index (χ1v) is 4.84. The molecule has 1 atom stereocenters. The molecular weight excluding hydrogens is 226 g/mol. The van der Waals surface area contributed by atoms with Crippen molar-refractivity contribution in [3.8, 4) is 0 Å². The predicted octanol–water partition coefficient (Wildman–Crippen LogP) is -1.00. The lowest BCUT2D eigenvalue weighted by Crippen LogP contribution is -2.42. The zero-order valence-electron chi connectivity index (χ0n) is 9.20. The van der Waals surface area contributed by atoms with Crippen molar-refractivity contribution in [3.63, 3.8) is 0 Å². The molecule has 0 bridgehead atoms. The molecule has 0 unspecified atom stereocenters. The van der Waals surface area contributed by atoms with Gasteiger partial charge >= 0.3 is 5.97 Å². The van der Waals surface area contributed by atoms with Gasteiger partial charge in [-0.15, -0.1) is 0 Å². The molecule has 7 heteroatoms. The van der Waals surface area contributed by atoms with E-state index in [9.17, 15) is 9.59 Å². The largest absolute Gasteiger partial charge is 0.480 e. The van der Waals surface area contributed by atoms with Crippen molar-refractivity contribution in [1.29, 1.82) is 0 Å². The van der Waals surface area contributed by atoms with Gasteiger partial charge < -0.3 is 15.5 Å². The maximum Gasteiger partial charge on any atom is 0.328 e. The van der Waals surface area contributed by atoms with E-state index in [1.165, 1.54) is 12.2 Å². The molecule has 1 aromatic heterocycles. The van der Waals surface area contributed by atoms with Gasteiger partial charge in [0.05, 0.1) is 12.8 Å². The quantitative estimate of drug-likeness (QED) is 0.571. The third kappa shape index (κ3) is 4.07. The number of carbonyl (C=O) groups excluding carboxylic acids is 1. The van der Waals surface area contributed by atoms with E-state index < -0.39 is 24.5 Å². The van der Waals surface area contributed by atoms with Crippen molar-refractivity contribution in [2.45, 2.75) is 6.04 Å². The highest BCUT2D eigenvalue weighted by molar-refractivity contribution is 5.94. The second-order valence-corrected chi connectivity index (χ2v) is 3.36. The van der Waals surface area contributed by atoms with Gasteiger partial charge in [0.2, 0.25) is 5.91 Å². The number of aromatic nitrogens is 2. The molecule has 17 heavy (non-hydrogen) atoms. The molecule has 1 rings (SSSR count). The third-order valence-electron chi connectivity index (χ3n) is 1.95. The highest BCUT2D eigenvalue weighted by atomic mass is 16.4. The fourth-order valence-corrected chi connectivity index (χ4v) is 1.10. The third-order valence-corrected chi connectivity index (χ3v) is 1.95. The smallest absolute Gasteiger partial charge is 0.328 e. The van der Waals surface area contributed by atoms with Crippen molar-refractivity contribution in [2.75, 3.05) is 6.61 Å². The van der Waals surface area contributed by atoms with E-state index in [2.05, 4.69) is 10.4 Å². The molecule has 0 spiro atoms. The maximum atomic E-state index is 11.3. The summed E-state index contributed by atoms with van der Waals surface area (Å²) in [6, 6.07) is -1.29. The van der Waals surface area contributed by atoms with Gasteiger partial charge in [0.1, 0.15) is 0 Å². The summed E-state index contributed by atoms with van der Waals surface area (Å²) < 4.78 is 1.57. The summed E-state index contributed by atoms with van der Waals surface area (Å²) in [7, 11) is 1.74. The molecule has 1 amide bonds. The Morgan fingerprint density at radius 1 is 1.65 bits per heavy atom. The predicted molar refractivity (Wildman–Crippen MR) is 58.9 cm³/mol. The van der Waals surface area contributed by atoms with Crippen LogP contribution in [-0.4, -0.2) is 44.5 Å². The molecule has 0 saturated carbocycles. The first kappa shape index (κ1) is 12.9. The van der Waals surface area contributed by atoms with E-state index in [1.54, 1.807) is 24.1 Å². The van der Waals surface area contributed by atoms with Crippen molar-refractivity contribution in [1.82, 2.24) is 15.1 Å². The highest BCUT2D eigenvalue weighted by Crippen LogP contribution is 1.98. The van der Waals surface area contributed by atoms with Crippen LogP contribution >= 0.6 is 0 Å². The molecule has 92 valence electrons. The SMILES string of the molecule is Cn1cc(/C=C/C(=O)N[C@@H](CO)C(=O)O)cn1. The van der Waals surface area contributed by atoms with E-state index in [1.807, 2.05) is 0 Å². The number of carboxylic acid groups (broad SMARTS) is 1. The topological polar surface area (TPSA) is 104 Å². The monoisotopic (exact) mass is 239 g/mol. The van der Waals surface area contributed by atoms with Crippen LogP contribution in [0.3, 0.4) is 0 Å². The summed E-state index contributed by atoms with van der Waals surface area (Å²) in [5, 5.41) is 23.3. The Labute approximate surface area is 97.4 Å². The number of hydrogen-bond acceptors (Lipinski definition) is 4. The number of aryl methyl sites for hydroxylation is 1. The van der Waals surface area contributed by atoms with Crippen molar-refractivity contribution in [2.24, 2.45) is 7.05 Å². The first-order valence-electron chi connectivity index (χ1n) is 4.84. The van der Waals surface area contributed by atoms with Gasteiger partial charge in [0.15, 0.2) is 6.04 Å². The van der Waals surface area contributed by atoms with Crippen LogP contribution in [0.2, 0.25) is 0 Å². The summed E-state index contributed by atoms with van der Waals surface area (Å²) in [6.07, 6.45) is 5.94. The second-order valence-electron chi connectivity index (χ2n) is 3.36. The Bertz CT molecular complexity index is 439. The van der Waals surface area contributed by atoms with Crippen LogP contribution < -0.4 is 5.32 Å². The van der Waals surface area contributed by atoms with E-state index in [0.29, 0.717) is 0 Å². The van der Waals surface area contributed by atoms with Gasteiger partial charge in [-0.1, -0.05) is 0 Å². The van der Waals surface area contributed by atoms with E-state index in [0.717, 1.165) is 5.56 Å². The normalized spacial score (nSPS) is 12.6. The Balaban J connectivity index is 2.54. The number of nitrogens with one attached hydrogen (secondary N) is 1. The van der Waals surface area contributed by atoms with Crippen LogP contribution in [-0.2, 0) is 16.6 Å². The lowest BCUT2D eigenvalue weighted by atomic mass is 10.3.